The second-order valence-corrected chi connectivity index (χ2v) is 5.74. The summed E-state index contributed by atoms with van der Waals surface area (Å²) in [5, 5.41) is 9.47. The van der Waals surface area contributed by atoms with E-state index >= 15 is 0 Å². The van der Waals surface area contributed by atoms with Gasteiger partial charge in [-0.25, -0.2) is 4.79 Å². The van der Waals surface area contributed by atoms with Crippen molar-refractivity contribution in [2.45, 2.75) is 17.6 Å². The maximum atomic E-state index is 11.5. The van der Waals surface area contributed by atoms with Crippen LogP contribution in [-0.4, -0.2) is 17.9 Å². The number of thioether (sulfide) groups is 1. The summed E-state index contributed by atoms with van der Waals surface area (Å²) in [5.41, 5.74) is 1.68. The van der Waals surface area contributed by atoms with Crippen molar-refractivity contribution in [3.05, 3.63) is 53.1 Å². The summed E-state index contributed by atoms with van der Waals surface area (Å²) in [7, 11) is 0. The highest BCUT2D eigenvalue weighted by Gasteiger charge is 2.26. The van der Waals surface area contributed by atoms with Crippen molar-refractivity contribution in [1.29, 1.82) is 0 Å². The van der Waals surface area contributed by atoms with Gasteiger partial charge < -0.3 is 14.6 Å². The molecule has 0 bridgehead atoms. The third kappa shape index (κ3) is 2.69. The predicted octanol–water partition coefficient (Wildman–Crippen LogP) is 3.71. The van der Waals surface area contributed by atoms with Crippen LogP contribution in [0.2, 0.25) is 0 Å². The van der Waals surface area contributed by atoms with Gasteiger partial charge >= 0.3 is 5.97 Å². The average molecular weight is 302 g/mol. The van der Waals surface area contributed by atoms with E-state index in [0.29, 0.717) is 33.9 Å². The highest BCUT2D eigenvalue weighted by atomic mass is 32.2. The lowest BCUT2D eigenvalue weighted by molar-refractivity contribution is 0.0694. The molecule has 0 radical (unpaired) electrons. The maximum absolute atomic E-state index is 11.5. The van der Waals surface area contributed by atoms with Crippen LogP contribution in [0, 0.1) is 6.92 Å². The molecule has 0 spiro atoms. The number of fused-ring (bicyclic) bond motifs is 1. The molecule has 2 aromatic carbocycles. The highest BCUT2D eigenvalue weighted by molar-refractivity contribution is 7.98. The molecule has 1 aliphatic heterocycles. The molecule has 21 heavy (non-hydrogen) atoms. The lowest BCUT2D eigenvalue weighted by atomic mass is 10.0. The van der Waals surface area contributed by atoms with Gasteiger partial charge in [0.1, 0.15) is 0 Å². The molecule has 0 saturated carbocycles. The van der Waals surface area contributed by atoms with Crippen LogP contribution in [0.4, 0.5) is 0 Å². The Morgan fingerprint density at radius 1 is 1.29 bits per heavy atom. The number of rotatable bonds is 4. The molecule has 0 aliphatic carbocycles. The van der Waals surface area contributed by atoms with Gasteiger partial charge in [0.2, 0.25) is 6.79 Å². The Morgan fingerprint density at radius 2 is 2.05 bits per heavy atom. The Labute approximate surface area is 126 Å². The van der Waals surface area contributed by atoms with Crippen LogP contribution < -0.4 is 9.47 Å². The van der Waals surface area contributed by atoms with Crippen molar-refractivity contribution < 1.29 is 19.4 Å². The summed E-state index contributed by atoms with van der Waals surface area (Å²) in [4.78, 5) is 12.6. The van der Waals surface area contributed by atoms with Crippen molar-refractivity contribution >= 4 is 17.7 Å². The first kappa shape index (κ1) is 13.8. The molecule has 108 valence electrons. The molecule has 4 nitrogen and oxygen atoms in total. The number of aromatic carboxylic acids is 1. The van der Waals surface area contributed by atoms with Crippen LogP contribution in [0.5, 0.6) is 11.5 Å². The van der Waals surface area contributed by atoms with Gasteiger partial charge in [0.15, 0.2) is 11.5 Å². The molecule has 0 atom stereocenters. The Balaban J connectivity index is 1.98. The summed E-state index contributed by atoms with van der Waals surface area (Å²) in [6.07, 6.45) is 0. The van der Waals surface area contributed by atoms with Crippen LogP contribution in [0.3, 0.4) is 0 Å². The van der Waals surface area contributed by atoms with E-state index in [1.54, 1.807) is 24.8 Å². The van der Waals surface area contributed by atoms with Gasteiger partial charge in [0.05, 0.1) is 5.56 Å². The summed E-state index contributed by atoms with van der Waals surface area (Å²) >= 11 is 1.58. The molecule has 0 amide bonds. The standard InChI is InChI=1S/C16H14O4S/c1-10-7-13-15(20-9-19-13)12(14(10)16(17)18)8-21-11-5-3-2-4-6-11/h2-7H,8-9H2,1H3,(H,17,18). The largest absolute Gasteiger partial charge is 0.478 e. The monoisotopic (exact) mass is 302 g/mol. The van der Waals surface area contributed by atoms with Crippen molar-refractivity contribution in [2.75, 3.05) is 6.79 Å². The van der Waals surface area contributed by atoms with Gasteiger partial charge in [-0.2, -0.15) is 0 Å². The molecule has 2 aromatic rings. The predicted molar refractivity (Wildman–Crippen MR) is 80.3 cm³/mol. The smallest absolute Gasteiger partial charge is 0.336 e. The summed E-state index contributed by atoms with van der Waals surface area (Å²) in [5.74, 6) is 0.774. The fourth-order valence-electron chi connectivity index (χ4n) is 2.36. The van der Waals surface area contributed by atoms with E-state index < -0.39 is 5.97 Å². The second-order valence-electron chi connectivity index (χ2n) is 4.69. The first-order chi connectivity index (χ1) is 10.2. The van der Waals surface area contributed by atoms with Crippen molar-refractivity contribution in [3.63, 3.8) is 0 Å². The summed E-state index contributed by atoms with van der Waals surface area (Å²) in [6.45, 7) is 1.92. The lowest BCUT2D eigenvalue weighted by Gasteiger charge is -2.12. The topological polar surface area (TPSA) is 55.8 Å². The number of carbonyl (C=O) groups is 1. The van der Waals surface area contributed by atoms with Gasteiger partial charge in [-0.3, -0.25) is 0 Å². The molecular weight excluding hydrogens is 288 g/mol. The Bertz CT molecular complexity index is 682. The van der Waals surface area contributed by atoms with E-state index in [9.17, 15) is 9.90 Å². The zero-order valence-electron chi connectivity index (χ0n) is 11.5. The van der Waals surface area contributed by atoms with Gasteiger partial charge in [-0.15, -0.1) is 11.8 Å². The van der Waals surface area contributed by atoms with Crippen LogP contribution in [0.15, 0.2) is 41.3 Å². The van der Waals surface area contributed by atoms with Crippen molar-refractivity contribution in [1.82, 2.24) is 0 Å². The minimum atomic E-state index is -0.936. The number of hydrogen-bond donors (Lipinski definition) is 1. The van der Waals surface area contributed by atoms with Gasteiger partial charge in [0, 0.05) is 16.2 Å². The minimum absolute atomic E-state index is 0.140. The average Bonchev–Trinajstić information content (AvgIpc) is 2.93. The van der Waals surface area contributed by atoms with E-state index in [-0.39, 0.29) is 6.79 Å². The van der Waals surface area contributed by atoms with Crippen LogP contribution in [0.1, 0.15) is 21.5 Å². The molecule has 3 rings (SSSR count). The number of hydrogen-bond acceptors (Lipinski definition) is 4. The van der Waals surface area contributed by atoms with Crippen molar-refractivity contribution in [3.8, 4) is 11.5 Å². The van der Waals surface area contributed by atoms with Crippen molar-refractivity contribution in [2.24, 2.45) is 0 Å². The number of carboxylic acid groups (broad SMARTS) is 1. The third-order valence-electron chi connectivity index (χ3n) is 3.30. The SMILES string of the molecule is Cc1cc2c(c(CSc3ccccc3)c1C(=O)O)OCO2. The zero-order chi connectivity index (χ0) is 14.8. The fourth-order valence-corrected chi connectivity index (χ4v) is 3.30. The molecular formula is C16H14O4S. The van der Waals surface area contributed by atoms with Gasteiger partial charge in [0.25, 0.3) is 0 Å². The summed E-state index contributed by atoms with van der Waals surface area (Å²) < 4.78 is 10.8. The Hall–Kier alpha value is -2.14. The van der Waals surface area contributed by atoms with Gasteiger partial charge in [-0.05, 0) is 30.7 Å². The van der Waals surface area contributed by atoms with Crippen LogP contribution in [0.25, 0.3) is 0 Å². The van der Waals surface area contributed by atoms with Gasteiger partial charge in [-0.1, -0.05) is 18.2 Å². The zero-order valence-corrected chi connectivity index (χ0v) is 12.3. The first-order valence-electron chi connectivity index (χ1n) is 6.50. The fraction of sp³-hybridized carbons (Fsp3) is 0.188. The molecule has 5 heteroatoms. The number of ether oxygens (including phenoxy) is 2. The van der Waals surface area contributed by atoms with E-state index in [0.717, 1.165) is 4.90 Å². The highest BCUT2D eigenvalue weighted by Crippen LogP contribution is 2.42. The molecule has 1 N–H and O–H groups in total. The number of carboxylic acids is 1. The van der Waals surface area contributed by atoms with Crippen LogP contribution in [-0.2, 0) is 5.75 Å². The number of benzene rings is 2. The molecule has 0 fully saturated rings. The second kappa shape index (κ2) is 5.69. The lowest BCUT2D eigenvalue weighted by Crippen LogP contribution is -2.06. The van der Waals surface area contributed by atoms with E-state index in [1.165, 1.54) is 0 Å². The molecule has 0 aromatic heterocycles. The summed E-state index contributed by atoms with van der Waals surface area (Å²) in [6, 6.07) is 11.6. The first-order valence-corrected chi connectivity index (χ1v) is 7.48. The molecule has 0 unspecified atom stereocenters. The molecule has 1 aliphatic rings. The van der Waals surface area contributed by atoms with E-state index in [2.05, 4.69) is 0 Å². The minimum Gasteiger partial charge on any atom is -0.478 e. The maximum Gasteiger partial charge on any atom is 0.336 e. The van der Waals surface area contributed by atoms with E-state index in [4.69, 9.17) is 9.47 Å². The third-order valence-corrected chi connectivity index (χ3v) is 4.34. The Kier molecular flexibility index (Phi) is 3.75. The number of aryl methyl sites for hydroxylation is 1. The quantitative estimate of drug-likeness (QED) is 0.872. The Morgan fingerprint density at radius 3 is 2.76 bits per heavy atom. The normalized spacial score (nSPS) is 12.4. The molecule has 1 heterocycles. The molecule has 0 saturated heterocycles. The van der Waals surface area contributed by atoms with E-state index in [1.807, 2.05) is 30.3 Å². The van der Waals surface area contributed by atoms with Crippen LogP contribution >= 0.6 is 11.8 Å².